The predicted molar refractivity (Wildman–Crippen MR) is 63.5 cm³/mol. The van der Waals surface area contributed by atoms with Crippen LogP contribution in [0.5, 0.6) is 5.75 Å². The maximum atomic E-state index is 11.5. The zero-order valence-corrected chi connectivity index (χ0v) is 9.47. The fraction of sp³-hybridized carbons (Fsp3) is 0.333. The molecule has 2 N–H and O–H groups in total. The summed E-state index contributed by atoms with van der Waals surface area (Å²) in [6.45, 7) is 4.15. The number of nitrogens with zero attached hydrogens (tertiary/aromatic N) is 1. The van der Waals surface area contributed by atoms with Gasteiger partial charge in [0.25, 0.3) is 5.91 Å². The predicted octanol–water partition coefficient (Wildman–Crippen LogP) is 2.15. The summed E-state index contributed by atoms with van der Waals surface area (Å²) in [4.78, 5) is 11.5. The Hall–Kier alpha value is -1.84. The number of hydrazone groups is 1. The number of carbonyl (C=O) groups is 1. The van der Waals surface area contributed by atoms with E-state index in [-0.39, 0.29) is 11.7 Å². The fourth-order valence-corrected chi connectivity index (χ4v) is 1.05. The van der Waals surface area contributed by atoms with Gasteiger partial charge in [-0.05, 0) is 36.6 Å². The first-order valence-corrected chi connectivity index (χ1v) is 5.20. The van der Waals surface area contributed by atoms with Crippen molar-refractivity contribution in [2.24, 2.45) is 11.0 Å². The van der Waals surface area contributed by atoms with Crippen molar-refractivity contribution in [3.05, 3.63) is 29.8 Å². The molecule has 0 aliphatic carbocycles. The maximum absolute atomic E-state index is 11.5. The first kappa shape index (κ1) is 12.2. The summed E-state index contributed by atoms with van der Waals surface area (Å²) in [5, 5.41) is 12.9. The van der Waals surface area contributed by atoms with E-state index < -0.39 is 0 Å². The van der Waals surface area contributed by atoms with Crippen LogP contribution in [0.3, 0.4) is 0 Å². The second-order valence-corrected chi connectivity index (χ2v) is 3.93. The molecule has 4 nitrogen and oxygen atoms in total. The highest BCUT2D eigenvalue weighted by Gasteiger charge is 2.02. The molecule has 0 fully saturated rings. The van der Waals surface area contributed by atoms with Gasteiger partial charge in [-0.25, -0.2) is 5.43 Å². The van der Waals surface area contributed by atoms with Crippen molar-refractivity contribution in [1.82, 2.24) is 5.43 Å². The van der Waals surface area contributed by atoms with Gasteiger partial charge in [-0.2, -0.15) is 5.10 Å². The molecule has 86 valence electrons. The van der Waals surface area contributed by atoms with Gasteiger partial charge in [-0.3, -0.25) is 4.79 Å². The van der Waals surface area contributed by atoms with Crippen LogP contribution in [0, 0.1) is 5.92 Å². The maximum Gasteiger partial charge on any atom is 0.271 e. The third-order valence-corrected chi connectivity index (χ3v) is 1.96. The van der Waals surface area contributed by atoms with Crippen molar-refractivity contribution in [2.75, 3.05) is 0 Å². The van der Waals surface area contributed by atoms with Crippen LogP contribution in [0.15, 0.2) is 29.4 Å². The van der Waals surface area contributed by atoms with Gasteiger partial charge in [0.15, 0.2) is 0 Å². The average molecular weight is 220 g/mol. The number of nitrogens with one attached hydrogen (secondary N) is 1. The van der Waals surface area contributed by atoms with Gasteiger partial charge in [-0.1, -0.05) is 13.8 Å². The van der Waals surface area contributed by atoms with E-state index in [1.807, 2.05) is 0 Å². The van der Waals surface area contributed by atoms with Gasteiger partial charge >= 0.3 is 0 Å². The average Bonchev–Trinajstić information content (AvgIpc) is 2.25. The summed E-state index contributed by atoms with van der Waals surface area (Å²) in [6.07, 6.45) is 2.51. The highest BCUT2D eigenvalue weighted by Crippen LogP contribution is 2.09. The number of phenols is 1. The number of carbonyl (C=O) groups excluding carboxylic acids is 1. The molecule has 0 aromatic heterocycles. The highest BCUT2D eigenvalue weighted by atomic mass is 16.3. The van der Waals surface area contributed by atoms with Crippen LogP contribution in [0.2, 0.25) is 0 Å². The Balaban J connectivity index is 2.47. The number of rotatable bonds is 4. The minimum Gasteiger partial charge on any atom is -0.508 e. The van der Waals surface area contributed by atoms with Crippen LogP contribution in [0.25, 0.3) is 0 Å². The fourth-order valence-electron chi connectivity index (χ4n) is 1.05. The molecule has 0 unspecified atom stereocenters. The quantitative estimate of drug-likeness (QED) is 0.603. The van der Waals surface area contributed by atoms with Crippen molar-refractivity contribution < 1.29 is 9.90 Å². The van der Waals surface area contributed by atoms with Crippen molar-refractivity contribution in [3.8, 4) is 5.75 Å². The van der Waals surface area contributed by atoms with Crippen LogP contribution in [0.4, 0.5) is 0 Å². The molecule has 0 atom stereocenters. The van der Waals surface area contributed by atoms with Gasteiger partial charge in [0, 0.05) is 11.8 Å². The molecule has 0 bridgehead atoms. The number of hydrogen-bond acceptors (Lipinski definition) is 3. The first-order chi connectivity index (χ1) is 7.59. The van der Waals surface area contributed by atoms with Crippen LogP contribution in [0.1, 0.15) is 30.6 Å². The van der Waals surface area contributed by atoms with E-state index in [0.29, 0.717) is 11.5 Å². The smallest absolute Gasteiger partial charge is 0.271 e. The Bertz CT molecular complexity index is 369. The molecule has 1 aromatic carbocycles. The van der Waals surface area contributed by atoms with E-state index in [0.717, 1.165) is 6.42 Å². The summed E-state index contributed by atoms with van der Waals surface area (Å²) in [5.74, 6) is 0.384. The van der Waals surface area contributed by atoms with E-state index in [4.69, 9.17) is 5.11 Å². The number of aromatic hydroxyl groups is 1. The molecule has 1 amide bonds. The summed E-state index contributed by atoms with van der Waals surface area (Å²) < 4.78 is 0. The van der Waals surface area contributed by atoms with Crippen molar-refractivity contribution >= 4 is 12.1 Å². The van der Waals surface area contributed by atoms with Crippen LogP contribution in [-0.2, 0) is 0 Å². The topological polar surface area (TPSA) is 61.7 Å². The zero-order chi connectivity index (χ0) is 12.0. The molecule has 1 aromatic rings. The summed E-state index contributed by atoms with van der Waals surface area (Å²) in [6, 6.07) is 6.02. The lowest BCUT2D eigenvalue weighted by Gasteiger charge is -2.00. The Labute approximate surface area is 95.0 Å². The molecule has 1 rings (SSSR count). The van der Waals surface area contributed by atoms with Gasteiger partial charge in [-0.15, -0.1) is 0 Å². The molecule has 16 heavy (non-hydrogen) atoms. The monoisotopic (exact) mass is 220 g/mol. The summed E-state index contributed by atoms with van der Waals surface area (Å²) >= 11 is 0. The van der Waals surface area contributed by atoms with E-state index in [2.05, 4.69) is 24.4 Å². The molecule has 0 spiro atoms. The number of hydrogen-bond donors (Lipinski definition) is 2. The highest BCUT2D eigenvalue weighted by molar-refractivity contribution is 5.94. The van der Waals surface area contributed by atoms with Crippen molar-refractivity contribution in [3.63, 3.8) is 0 Å². The molecule has 4 heteroatoms. The minimum atomic E-state index is -0.278. The first-order valence-electron chi connectivity index (χ1n) is 5.20. The minimum absolute atomic E-state index is 0.139. The van der Waals surface area contributed by atoms with Crippen LogP contribution < -0.4 is 5.43 Å². The van der Waals surface area contributed by atoms with Gasteiger partial charge in [0.05, 0.1) is 0 Å². The lowest BCUT2D eigenvalue weighted by atomic mass is 10.2. The van der Waals surface area contributed by atoms with E-state index in [9.17, 15) is 4.79 Å². The SMILES string of the molecule is CC(C)C/C=N\NC(=O)c1ccc(O)cc1. The lowest BCUT2D eigenvalue weighted by Crippen LogP contribution is -2.17. The molecule has 0 heterocycles. The number of phenolic OH excluding ortho intramolecular Hbond substituents is 1. The van der Waals surface area contributed by atoms with Crippen molar-refractivity contribution in [1.29, 1.82) is 0 Å². The normalized spacial score (nSPS) is 10.9. The van der Waals surface area contributed by atoms with Crippen molar-refractivity contribution in [2.45, 2.75) is 20.3 Å². The number of amides is 1. The second-order valence-electron chi connectivity index (χ2n) is 3.93. The van der Waals surface area contributed by atoms with E-state index in [1.165, 1.54) is 12.1 Å². The Morgan fingerprint density at radius 2 is 2.06 bits per heavy atom. The summed E-state index contributed by atoms with van der Waals surface area (Å²) in [7, 11) is 0. The standard InChI is InChI=1S/C12H16N2O2/c1-9(2)7-8-13-14-12(16)10-3-5-11(15)6-4-10/h3-6,8-9,15H,7H2,1-2H3,(H,14,16)/b13-8-. The molecule has 0 saturated heterocycles. The molecular formula is C12H16N2O2. The van der Waals surface area contributed by atoms with Gasteiger partial charge in [0.1, 0.15) is 5.75 Å². The van der Waals surface area contributed by atoms with E-state index in [1.54, 1.807) is 18.3 Å². The molecule has 0 aliphatic heterocycles. The number of benzene rings is 1. The third kappa shape index (κ3) is 4.13. The zero-order valence-electron chi connectivity index (χ0n) is 9.47. The Morgan fingerprint density at radius 3 is 2.62 bits per heavy atom. The Morgan fingerprint density at radius 1 is 1.44 bits per heavy atom. The van der Waals surface area contributed by atoms with Gasteiger partial charge in [0.2, 0.25) is 0 Å². The van der Waals surface area contributed by atoms with Crippen LogP contribution in [-0.4, -0.2) is 17.2 Å². The molecule has 0 saturated carbocycles. The molecule has 0 aliphatic rings. The lowest BCUT2D eigenvalue weighted by molar-refractivity contribution is 0.0955. The van der Waals surface area contributed by atoms with Gasteiger partial charge < -0.3 is 5.11 Å². The third-order valence-electron chi connectivity index (χ3n) is 1.96. The van der Waals surface area contributed by atoms with Crippen LogP contribution >= 0.6 is 0 Å². The van der Waals surface area contributed by atoms with E-state index >= 15 is 0 Å². The second kappa shape index (κ2) is 5.90. The summed E-state index contributed by atoms with van der Waals surface area (Å²) in [5.41, 5.74) is 2.89. The Kier molecular flexibility index (Phi) is 4.51. The molecular weight excluding hydrogens is 204 g/mol. The molecule has 0 radical (unpaired) electrons. The largest absolute Gasteiger partial charge is 0.508 e.